The molecule has 0 aliphatic rings. The Balaban J connectivity index is 2.18. The van der Waals surface area contributed by atoms with Gasteiger partial charge in [0.1, 0.15) is 5.69 Å². The number of aromatic amines is 1. The molecular formula is C13H18N4O. The predicted octanol–water partition coefficient (Wildman–Crippen LogP) is 2.31. The molecule has 0 amide bonds. The van der Waals surface area contributed by atoms with Crippen LogP contribution in [0.1, 0.15) is 13.3 Å². The fourth-order valence-corrected chi connectivity index (χ4v) is 1.78. The number of nitrogens with one attached hydrogen (secondary N) is 2. The maximum absolute atomic E-state index is 5.18. The molecule has 1 atom stereocenters. The Kier molecular flexibility index (Phi) is 4.30. The molecule has 2 N–H and O–H groups in total. The van der Waals surface area contributed by atoms with Crippen LogP contribution >= 0.6 is 0 Å². The normalized spacial score (nSPS) is 12.3. The molecule has 0 aliphatic carbocycles. The minimum Gasteiger partial charge on any atom is -0.383 e. The van der Waals surface area contributed by atoms with Gasteiger partial charge in [-0.2, -0.15) is 5.10 Å². The molecule has 0 fully saturated rings. The first kappa shape index (κ1) is 12.6. The van der Waals surface area contributed by atoms with Crippen molar-refractivity contribution in [3.05, 3.63) is 30.6 Å². The minimum atomic E-state index is 0.273. The average molecular weight is 246 g/mol. The third-order valence-electron chi connectivity index (χ3n) is 2.78. The molecule has 5 heteroatoms. The Labute approximate surface area is 107 Å². The van der Waals surface area contributed by atoms with Crippen LogP contribution < -0.4 is 5.32 Å². The first-order chi connectivity index (χ1) is 8.85. The van der Waals surface area contributed by atoms with Crippen molar-refractivity contribution in [2.24, 2.45) is 0 Å². The van der Waals surface area contributed by atoms with E-state index in [1.54, 1.807) is 19.5 Å². The van der Waals surface area contributed by atoms with Gasteiger partial charge in [0.05, 0.1) is 24.2 Å². The summed E-state index contributed by atoms with van der Waals surface area (Å²) in [6.45, 7) is 2.79. The van der Waals surface area contributed by atoms with Gasteiger partial charge in [-0.1, -0.05) is 13.0 Å². The van der Waals surface area contributed by atoms with Crippen LogP contribution in [0.15, 0.2) is 30.6 Å². The number of rotatable bonds is 6. The van der Waals surface area contributed by atoms with E-state index in [2.05, 4.69) is 27.4 Å². The van der Waals surface area contributed by atoms with E-state index >= 15 is 0 Å². The number of hydrogen-bond donors (Lipinski definition) is 2. The van der Waals surface area contributed by atoms with Gasteiger partial charge >= 0.3 is 0 Å². The van der Waals surface area contributed by atoms with Crippen LogP contribution in [0.4, 0.5) is 5.69 Å². The molecule has 0 aromatic carbocycles. The number of nitrogens with zero attached hydrogens (tertiary/aromatic N) is 2. The third-order valence-corrected chi connectivity index (χ3v) is 2.78. The molecule has 2 rings (SSSR count). The van der Waals surface area contributed by atoms with Gasteiger partial charge in [0.25, 0.3) is 0 Å². The number of hydrogen-bond acceptors (Lipinski definition) is 4. The topological polar surface area (TPSA) is 62.8 Å². The van der Waals surface area contributed by atoms with Crippen LogP contribution in [0.25, 0.3) is 11.4 Å². The van der Waals surface area contributed by atoms with E-state index in [4.69, 9.17) is 4.74 Å². The molecule has 2 heterocycles. The average Bonchev–Trinajstić information content (AvgIpc) is 2.87. The Hall–Kier alpha value is -1.88. The molecule has 0 radical (unpaired) electrons. The predicted molar refractivity (Wildman–Crippen MR) is 71.4 cm³/mol. The second-order valence-corrected chi connectivity index (χ2v) is 4.08. The van der Waals surface area contributed by atoms with Gasteiger partial charge in [0.2, 0.25) is 0 Å². The number of H-pyrrole nitrogens is 1. The van der Waals surface area contributed by atoms with E-state index in [9.17, 15) is 0 Å². The van der Waals surface area contributed by atoms with Crippen molar-refractivity contribution < 1.29 is 4.74 Å². The standard InChI is InChI=1S/C13H18N4O/c1-3-10(9-18-2)16-12-8-15-17-13(12)11-6-4-5-7-14-11/h4-8,10,16H,3,9H2,1-2H3,(H,15,17)/t10-/m1/s1. The van der Waals surface area contributed by atoms with Gasteiger partial charge in [0, 0.05) is 19.3 Å². The smallest absolute Gasteiger partial charge is 0.107 e. The van der Waals surface area contributed by atoms with Crippen molar-refractivity contribution in [2.45, 2.75) is 19.4 Å². The van der Waals surface area contributed by atoms with Crippen molar-refractivity contribution in [1.29, 1.82) is 0 Å². The summed E-state index contributed by atoms with van der Waals surface area (Å²) < 4.78 is 5.18. The number of methoxy groups -OCH3 is 1. The molecule has 2 aromatic rings. The van der Waals surface area contributed by atoms with Crippen LogP contribution in [0.3, 0.4) is 0 Å². The van der Waals surface area contributed by atoms with Crippen molar-refractivity contribution in [3.63, 3.8) is 0 Å². The highest BCUT2D eigenvalue weighted by atomic mass is 16.5. The summed E-state index contributed by atoms with van der Waals surface area (Å²) in [5.74, 6) is 0. The SMILES string of the molecule is CC[C@H](COC)Nc1cn[nH]c1-c1ccccn1. The summed E-state index contributed by atoms with van der Waals surface area (Å²) in [5, 5.41) is 10.5. The van der Waals surface area contributed by atoms with E-state index in [0.29, 0.717) is 6.61 Å². The first-order valence-electron chi connectivity index (χ1n) is 6.05. The van der Waals surface area contributed by atoms with E-state index < -0.39 is 0 Å². The molecule has 0 aliphatic heterocycles. The fourth-order valence-electron chi connectivity index (χ4n) is 1.78. The maximum atomic E-state index is 5.18. The van der Waals surface area contributed by atoms with Crippen molar-refractivity contribution in [3.8, 4) is 11.4 Å². The van der Waals surface area contributed by atoms with Gasteiger partial charge in [-0.15, -0.1) is 0 Å². The second-order valence-electron chi connectivity index (χ2n) is 4.08. The summed E-state index contributed by atoms with van der Waals surface area (Å²) in [7, 11) is 1.71. The fraction of sp³-hybridized carbons (Fsp3) is 0.385. The zero-order valence-corrected chi connectivity index (χ0v) is 10.7. The van der Waals surface area contributed by atoms with Gasteiger partial charge in [-0.05, 0) is 18.6 Å². The molecule has 2 aromatic heterocycles. The van der Waals surface area contributed by atoms with Crippen molar-refractivity contribution >= 4 is 5.69 Å². The van der Waals surface area contributed by atoms with Crippen molar-refractivity contribution in [2.75, 3.05) is 19.0 Å². The zero-order chi connectivity index (χ0) is 12.8. The van der Waals surface area contributed by atoms with Gasteiger partial charge in [0.15, 0.2) is 0 Å². The lowest BCUT2D eigenvalue weighted by Gasteiger charge is -2.16. The minimum absolute atomic E-state index is 0.273. The molecule has 0 saturated heterocycles. The molecule has 0 unspecified atom stereocenters. The lowest BCUT2D eigenvalue weighted by molar-refractivity contribution is 0.184. The highest BCUT2D eigenvalue weighted by Gasteiger charge is 2.12. The summed E-state index contributed by atoms with van der Waals surface area (Å²) in [6.07, 6.45) is 4.54. The molecule has 0 saturated carbocycles. The Morgan fingerprint density at radius 1 is 1.44 bits per heavy atom. The summed E-state index contributed by atoms with van der Waals surface area (Å²) in [4.78, 5) is 4.32. The summed E-state index contributed by atoms with van der Waals surface area (Å²) in [5.41, 5.74) is 2.74. The highest BCUT2D eigenvalue weighted by Crippen LogP contribution is 2.24. The largest absolute Gasteiger partial charge is 0.383 e. The lowest BCUT2D eigenvalue weighted by atomic mass is 10.2. The number of pyridine rings is 1. The van der Waals surface area contributed by atoms with Gasteiger partial charge in [-0.25, -0.2) is 0 Å². The van der Waals surface area contributed by atoms with Crippen LogP contribution in [0.5, 0.6) is 0 Å². The quantitative estimate of drug-likeness (QED) is 0.821. The molecular weight excluding hydrogens is 228 g/mol. The zero-order valence-electron chi connectivity index (χ0n) is 10.7. The Morgan fingerprint density at radius 2 is 2.33 bits per heavy atom. The summed E-state index contributed by atoms with van der Waals surface area (Å²) in [6, 6.07) is 6.08. The Bertz CT molecular complexity index is 469. The first-order valence-corrected chi connectivity index (χ1v) is 6.05. The monoisotopic (exact) mass is 246 g/mol. The number of ether oxygens (including phenoxy) is 1. The number of anilines is 1. The summed E-state index contributed by atoms with van der Waals surface area (Å²) >= 11 is 0. The van der Waals surface area contributed by atoms with E-state index in [1.165, 1.54) is 0 Å². The highest BCUT2D eigenvalue weighted by molar-refractivity contribution is 5.71. The molecule has 0 bridgehead atoms. The lowest BCUT2D eigenvalue weighted by Crippen LogP contribution is -2.23. The van der Waals surface area contributed by atoms with E-state index in [-0.39, 0.29) is 6.04 Å². The van der Waals surface area contributed by atoms with Gasteiger partial charge < -0.3 is 10.1 Å². The van der Waals surface area contributed by atoms with Crippen molar-refractivity contribution in [1.82, 2.24) is 15.2 Å². The number of aromatic nitrogens is 3. The molecule has 0 spiro atoms. The van der Waals surface area contributed by atoms with Crippen LogP contribution in [0.2, 0.25) is 0 Å². The second kappa shape index (κ2) is 6.16. The van der Waals surface area contributed by atoms with Crippen LogP contribution in [-0.4, -0.2) is 34.9 Å². The Morgan fingerprint density at radius 3 is 3.00 bits per heavy atom. The van der Waals surface area contributed by atoms with E-state index in [0.717, 1.165) is 23.5 Å². The third kappa shape index (κ3) is 2.87. The molecule has 5 nitrogen and oxygen atoms in total. The van der Waals surface area contributed by atoms with Crippen LogP contribution in [0, 0.1) is 0 Å². The molecule has 18 heavy (non-hydrogen) atoms. The van der Waals surface area contributed by atoms with Gasteiger partial charge in [-0.3, -0.25) is 10.1 Å². The molecule has 96 valence electrons. The van der Waals surface area contributed by atoms with E-state index in [1.807, 2.05) is 18.2 Å². The maximum Gasteiger partial charge on any atom is 0.107 e. The van der Waals surface area contributed by atoms with Crippen LogP contribution in [-0.2, 0) is 4.74 Å².